The summed E-state index contributed by atoms with van der Waals surface area (Å²) in [5.74, 6) is -0.991. The van der Waals surface area contributed by atoms with Crippen LogP contribution in [0.2, 0.25) is 0 Å². The molecule has 0 saturated heterocycles. The second kappa shape index (κ2) is 54.9. The Hall–Kier alpha value is -3.67. The van der Waals surface area contributed by atoms with E-state index in [1.165, 1.54) is 116 Å². The van der Waals surface area contributed by atoms with Crippen LogP contribution >= 0.6 is 0 Å². The van der Waals surface area contributed by atoms with Gasteiger partial charge in [0.2, 0.25) is 0 Å². The van der Waals surface area contributed by atoms with Gasteiger partial charge in [0.15, 0.2) is 6.10 Å². The Morgan fingerprint density at radius 1 is 0.328 bits per heavy atom. The van der Waals surface area contributed by atoms with Gasteiger partial charge in [-0.15, -0.1) is 0 Å². The van der Waals surface area contributed by atoms with Gasteiger partial charge in [-0.1, -0.05) is 227 Å². The van der Waals surface area contributed by atoms with Crippen LogP contribution in [0.4, 0.5) is 0 Å². The summed E-state index contributed by atoms with van der Waals surface area (Å²) in [4.78, 5) is 38.1. The molecule has 0 amide bonds. The lowest BCUT2D eigenvalue weighted by molar-refractivity contribution is -0.167. The Morgan fingerprint density at radius 3 is 1.12 bits per heavy atom. The molecule has 0 aromatic heterocycles. The van der Waals surface area contributed by atoms with Crippen LogP contribution in [0.15, 0.2) is 97.2 Å². The van der Waals surface area contributed by atoms with Gasteiger partial charge < -0.3 is 14.2 Å². The van der Waals surface area contributed by atoms with E-state index in [0.29, 0.717) is 19.3 Å². The highest BCUT2D eigenvalue weighted by atomic mass is 16.6. The summed E-state index contributed by atoms with van der Waals surface area (Å²) in [5, 5.41) is 0. The number of unbranched alkanes of at least 4 members (excludes halogenated alkanes) is 24. The quantitative estimate of drug-likeness (QED) is 0.0199. The second-order valence-electron chi connectivity index (χ2n) is 18.2. The van der Waals surface area contributed by atoms with Crippen LogP contribution in [0, 0.1) is 0 Å². The average Bonchev–Trinajstić information content (AvgIpc) is 3.33. The van der Waals surface area contributed by atoms with Crippen molar-refractivity contribution in [1.82, 2.24) is 0 Å². The van der Waals surface area contributed by atoms with Crippen LogP contribution in [-0.2, 0) is 28.6 Å². The van der Waals surface area contributed by atoms with E-state index in [1.807, 2.05) is 0 Å². The van der Waals surface area contributed by atoms with Gasteiger partial charge in [0.05, 0.1) is 0 Å². The van der Waals surface area contributed by atoms with Crippen molar-refractivity contribution in [2.75, 3.05) is 13.2 Å². The van der Waals surface area contributed by atoms with Crippen LogP contribution in [0.5, 0.6) is 0 Å². The van der Waals surface area contributed by atoms with E-state index in [-0.39, 0.29) is 37.5 Å². The van der Waals surface area contributed by atoms with Crippen molar-refractivity contribution in [2.24, 2.45) is 0 Å². The zero-order chi connectivity index (χ0) is 48.6. The first-order chi connectivity index (χ1) is 33.0. The van der Waals surface area contributed by atoms with Gasteiger partial charge in [0, 0.05) is 19.3 Å². The molecule has 0 fully saturated rings. The molecule has 0 aliphatic carbocycles. The molecule has 6 heteroatoms. The smallest absolute Gasteiger partial charge is 0.306 e. The summed E-state index contributed by atoms with van der Waals surface area (Å²) >= 11 is 0. The molecule has 67 heavy (non-hydrogen) atoms. The molecule has 0 radical (unpaired) electrons. The normalized spacial score (nSPS) is 12.8. The van der Waals surface area contributed by atoms with Gasteiger partial charge in [-0.3, -0.25) is 14.4 Å². The van der Waals surface area contributed by atoms with E-state index in [2.05, 4.69) is 118 Å². The van der Waals surface area contributed by atoms with Crippen LogP contribution in [-0.4, -0.2) is 37.2 Å². The molecule has 0 aromatic carbocycles. The largest absolute Gasteiger partial charge is 0.462 e. The van der Waals surface area contributed by atoms with Crippen molar-refractivity contribution in [3.63, 3.8) is 0 Å². The molecule has 0 bridgehead atoms. The maximum Gasteiger partial charge on any atom is 0.306 e. The lowest BCUT2D eigenvalue weighted by atomic mass is 10.1. The van der Waals surface area contributed by atoms with Crippen molar-refractivity contribution in [3.05, 3.63) is 97.2 Å². The number of rotatable bonds is 49. The first-order valence-electron chi connectivity index (χ1n) is 27.8. The van der Waals surface area contributed by atoms with Crippen molar-refractivity contribution in [1.29, 1.82) is 0 Å². The van der Waals surface area contributed by atoms with Crippen LogP contribution in [0.1, 0.15) is 252 Å². The van der Waals surface area contributed by atoms with Gasteiger partial charge in [-0.25, -0.2) is 0 Å². The van der Waals surface area contributed by atoms with E-state index in [9.17, 15) is 14.4 Å². The summed E-state index contributed by atoms with van der Waals surface area (Å²) in [5.41, 5.74) is 0. The molecule has 0 N–H and O–H groups in total. The average molecular weight is 931 g/mol. The third-order valence-electron chi connectivity index (χ3n) is 11.6. The number of esters is 3. The Morgan fingerprint density at radius 2 is 0.657 bits per heavy atom. The molecule has 382 valence electrons. The zero-order valence-electron chi connectivity index (χ0n) is 43.6. The third-order valence-corrected chi connectivity index (χ3v) is 11.6. The van der Waals surface area contributed by atoms with E-state index < -0.39 is 6.10 Å². The highest BCUT2D eigenvalue weighted by Gasteiger charge is 2.19. The maximum atomic E-state index is 12.8. The molecule has 0 spiro atoms. The van der Waals surface area contributed by atoms with Gasteiger partial charge in [0.1, 0.15) is 13.2 Å². The minimum Gasteiger partial charge on any atom is -0.462 e. The van der Waals surface area contributed by atoms with Gasteiger partial charge in [-0.05, 0) is 103 Å². The van der Waals surface area contributed by atoms with E-state index in [4.69, 9.17) is 14.2 Å². The Bertz CT molecular complexity index is 1350. The molecule has 0 aliphatic rings. The Kier molecular flexibility index (Phi) is 51.9. The first kappa shape index (κ1) is 63.3. The van der Waals surface area contributed by atoms with E-state index in [0.717, 1.165) is 89.9 Å². The van der Waals surface area contributed by atoms with Gasteiger partial charge in [-0.2, -0.15) is 0 Å². The summed E-state index contributed by atoms with van der Waals surface area (Å²) in [6.45, 7) is 6.41. The molecule has 6 nitrogen and oxygen atoms in total. The van der Waals surface area contributed by atoms with E-state index in [1.54, 1.807) is 0 Å². The maximum absolute atomic E-state index is 12.8. The number of carbonyl (C=O) groups is 3. The van der Waals surface area contributed by atoms with Crippen LogP contribution in [0.3, 0.4) is 0 Å². The molecule has 0 saturated carbocycles. The van der Waals surface area contributed by atoms with Crippen LogP contribution < -0.4 is 0 Å². The molecule has 1 unspecified atom stereocenters. The highest BCUT2D eigenvalue weighted by Crippen LogP contribution is 2.14. The van der Waals surface area contributed by atoms with Gasteiger partial charge >= 0.3 is 17.9 Å². The standard InChI is InChI=1S/C61H102O6/c1-4-7-10-13-16-19-22-25-27-29-30-32-33-36-39-42-45-48-51-54-60(63)66-57-58(56-65-59(62)53-50-47-44-41-38-35-24-21-18-15-12-9-6-3)67-61(64)55-52-49-46-43-40-37-34-31-28-26-23-20-17-14-11-8-5-2/h9,12,15,17-18,20-21,24,26,28-30,34,37,43,46,58H,4-8,10-11,13-14,16,19,22-23,25,27,31-33,35-36,38-42,44-45,47-57H2,1-3H3/b12-9-,18-15-,20-17-,24-21-,28-26-,30-29-,37-34-,46-43-. The third kappa shape index (κ3) is 53.2. The van der Waals surface area contributed by atoms with E-state index >= 15 is 0 Å². The fraction of sp³-hybridized carbons (Fsp3) is 0.689. The lowest BCUT2D eigenvalue weighted by Gasteiger charge is -2.18. The topological polar surface area (TPSA) is 78.9 Å². The van der Waals surface area contributed by atoms with Crippen molar-refractivity contribution in [2.45, 2.75) is 258 Å². The van der Waals surface area contributed by atoms with Crippen LogP contribution in [0.25, 0.3) is 0 Å². The minimum absolute atomic E-state index is 0.109. The minimum atomic E-state index is -0.817. The lowest BCUT2D eigenvalue weighted by Crippen LogP contribution is -2.30. The molecule has 0 heterocycles. The van der Waals surface area contributed by atoms with Crippen molar-refractivity contribution < 1.29 is 28.6 Å². The predicted octanol–water partition coefficient (Wildman–Crippen LogP) is 18.5. The number of carbonyl (C=O) groups excluding carboxylic acids is 3. The first-order valence-corrected chi connectivity index (χ1v) is 27.8. The number of hydrogen-bond donors (Lipinski definition) is 0. The monoisotopic (exact) mass is 931 g/mol. The number of ether oxygens (including phenoxy) is 3. The molecule has 1 atom stereocenters. The molecule has 0 rings (SSSR count). The van der Waals surface area contributed by atoms with Crippen molar-refractivity contribution >= 4 is 17.9 Å². The molecular formula is C61H102O6. The Labute approximate surface area is 413 Å². The molecular weight excluding hydrogens is 829 g/mol. The fourth-order valence-corrected chi connectivity index (χ4v) is 7.43. The SMILES string of the molecule is CC\C=C/C=C\C=C/CCCCCCCC(=O)OCC(COC(=O)CCCCCCCCC/C=C\CCCCCCCCCC)OC(=O)CCC/C=C\C/C=C\C/C=C\C/C=C\CCCCC. The second-order valence-corrected chi connectivity index (χ2v) is 18.2. The summed E-state index contributed by atoms with van der Waals surface area (Å²) in [7, 11) is 0. The highest BCUT2D eigenvalue weighted by molar-refractivity contribution is 5.71. The molecule has 0 aliphatic heterocycles. The predicted molar refractivity (Wildman–Crippen MR) is 288 cm³/mol. The Balaban J connectivity index is 4.48. The van der Waals surface area contributed by atoms with Crippen molar-refractivity contribution in [3.8, 4) is 0 Å². The fourth-order valence-electron chi connectivity index (χ4n) is 7.43. The molecule has 0 aromatic rings. The summed E-state index contributed by atoms with van der Waals surface area (Å²) in [6.07, 6.45) is 72.6. The zero-order valence-corrected chi connectivity index (χ0v) is 43.6. The summed E-state index contributed by atoms with van der Waals surface area (Å²) in [6, 6.07) is 0. The summed E-state index contributed by atoms with van der Waals surface area (Å²) < 4.78 is 16.8. The number of allylic oxidation sites excluding steroid dienone is 16. The number of hydrogen-bond acceptors (Lipinski definition) is 6. The van der Waals surface area contributed by atoms with Gasteiger partial charge in [0.25, 0.3) is 0 Å².